The summed E-state index contributed by atoms with van der Waals surface area (Å²) in [7, 11) is 1.42. The lowest BCUT2D eigenvalue weighted by atomic mass is 10.1. The van der Waals surface area contributed by atoms with Gasteiger partial charge in [0.25, 0.3) is 5.91 Å². The zero-order chi connectivity index (χ0) is 14.7. The Morgan fingerprint density at radius 1 is 1.60 bits per heavy atom. The van der Waals surface area contributed by atoms with E-state index in [0.29, 0.717) is 13.0 Å². The second-order valence-corrected chi connectivity index (χ2v) is 5.20. The molecule has 1 N–H and O–H groups in total. The van der Waals surface area contributed by atoms with Gasteiger partial charge in [0, 0.05) is 12.6 Å². The van der Waals surface area contributed by atoms with Gasteiger partial charge in [0.2, 0.25) is 0 Å². The lowest BCUT2D eigenvalue weighted by Crippen LogP contribution is -2.37. The predicted octanol–water partition coefficient (Wildman–Crippen LogP) is 2.21. The first-order chi connectivity index (χ1) is 9.54. The van der Waals surface area contributed by atoms with E-state index in [-0.39, 0.29) is 23.3 Å². The third kappa shape index (κ3) is 2.93. The van der Waals surface area contributed by atoms with Crippen molar-refractivity contribution >= 4 is 5.91 Å². The van der Waals surface area contributed by atoms with Crippen LogP contribution in [-0.2, 0) is 0 Å². The van der Waals surface area contributed by atoms with Crippen LogP contribution in [0.4, 0.5) is 4.39 Å². The molecule has 4 nitrogen and oxygen atoms in total. The third-order valence-electron chi connectivity index (χ3n) is 3.66. The van der Waals surface area contributed by atoms with Crippen LogP contribution in [0.5, 0.6) is 5.75 Å². The Morgan fingerprint density at radius 3 is 3.00 bits per heavy atom. The van der Waals surface area contributed by atoms with Crippen molar-refractivity contribution in [1.29, 1.82) is 0 Å². The molecule has 1 fully saturated rings. The highest BCUT2D eigenvalue weighted by Gasteiger charge is 2.32. The molecule has 2 rings (SSSR count). The number of benzene rings is 1. The van der Waals surface area contributed by atoms with Gasteiger partial charge >= 0.3 is 0 Å². The highest BCUT2D eigenvalue weighted by molar-refractivity contribution is 5.97. The number of halogens is 1. The van der Waals surface area contributed by atoms with Crippen LogP contribution in [0.25, 0.3) is 0 Å². The zero-order valence-corrected chi connectivity index (χ0v) is 11.8. The van der Waals surface area contributed by atoms with Gasteiger partial charge in [-0.05, 0) is 38.3 Å². The first-order valence-electron chi connectivity index (χ1n) is 6.86. The highest BCUT2D eigenvalue weighted by atomic mass is 19.1. The topological polar surface area (TPSA) is 49.8 Å². The molecule has 1 aromatic rings. The summed E-state index contributed by atoms with van der Waals surface area (Å²) < 4.78 is 19.0. The number of likely N-dealkylation sites (tertiary alicyclic amines) is 1. The lowest BCUT2D eigenvalue weighted by molar-refractivity contribution is 0.0674. The molecule has 2 atom stereocenters. The Hall–Kier alpha value is -1.62. The maximum atomic E-state index is 14.0. The first-order valence-corrected chi connectivity index (χ1v) is 6.86. The molecule has 0 aromatic heterocycles. The van der Waals surface area contributed by atoms with Crippen LogP contribution in [0.2, 0.25) is 0 Å². The second kappa shape index (κ2) is 6.22. The summed E-state index contributed by atoms with van der Waals surface area (Å²) in [5.41, 5.74) is -0.0208. The average molecular weight is 281 g/mol. The van der Waals surface area contributed by atoms with Gasteiger partial charge in [-0.3, -0.25) is 4.79 Å². The van der Waals surface area contributed by atoms with Crippen LogP contribution < -0.4 is 4.74 Å². The van der Waals surface area contributed by atoms with E-state index in [9.17, 15) is 14.3 Å². The van der Waals surface area contributed by atoms with Gasteiger partial charge in [0.15, 0.2) is 0 Å². The summed E-state index contributed by atoms with van der Waals surface area (Å²) in [6, 6.07) is 4.32. The quantitative estimate of drug-likeness (QED) is 0.920. The minimum atomic E-state index is -0.572. The number of rotatable bonds is 4. The molecule has 110 valence electrons. The molecule has 0 aliphatic carbocycles. The molecule has 1 aromatic carbocycles. The van der Waals surface area contributed by atoms with Crippen molar-refractivity contribution in [3.63, 3.8) is 0 Å². The maximum absolute atomic E-state index is 14.0. The Bertz CT molecular complexity index is 490. The third-order valence-corrected chi connectivity index (χ3v) is 3.66. The molecule has 1 amide bonds. The van der Waals surface area contributed by atoms with E-state index in [1.54, 1.807) is 17.9 Å². The number of ether oxygens (including phenoxy) is 1. The van der Waals surface area contributed by atoms with E-state index in [0.717, 1.165) is 12.8 Å². The van der Waals surface area contributed by atoms with E-state index < -0.39 is 11.9 Å². The highest BCUT2D eigenvalue weighted by Crippen LogP contribution is 2.28. The van der Waals surface area contributed by atoms with Crippen LogP contribution in [-0.4, -0.2) is 41.7 Å². The Labute approximate surface area is 118 Å². The van der Waals surface area contributed by atoms with Gasteiger partial charge in [-0.1, -0.05) is 6.07 Å². The van der Waals surface area contributed by atoms with Crippen molar-refractivity contribution in [2.24, 2.45) is 0 Å². The molecular formula is C15H20FNO3. The fraction of sp³-hybridized carbons (Fsp3) is 0.533. The van der Waals surface area contributed by atoms with Crippen LogP contribution in [0.3, 0.4) is 0 Å². The van der Waals surface area contributed by atoms with Crippen LogP contribution in [0, 0.1) is 5.82 Å². The summed E-state index contributed by atoms with van der Waals surface area (Å²) in [5.74, 6) is -0.683. The van der Waals surface area contributed by atoms with Gasteiger partial charge < -0.3 is 14.7 Å². The fourth-order valence-electron chi connectivity index (χ4n) is 2.77. The lowest BCUT2D eigenvalue weighted by Gasteiger charge is -2.26. The van der Waals surface area contributed by atoms with Crippen molar-refractivity contribution < 1.29 is 19.0 Å². The molecule has 2 unspecified atom stereocenters. The maximum Gasteiger partial charge on any atom is 0.260 e. The molecule has 0 radical (unpaired) electrons. The molecule has 5 heteroatoms. The van der Waals surface area contributed by atoms with Crippen molar-refractivity contribution in [1.82, 2.24) is 4.90 Å². The molecule has 0 saturated carbocycles. The number of hydrogen-bond donors (Lipinski definition) is 1. The minimum Gasteiger partial charge on any atom is -0.496 e. The predicted molar refractivity (Wildman–Crippen MR) is 73.3 cm³/mol. The molecule has 1 aliphatic heterocycles. The van der Waals surface area contributed by atoms with Gasteiger partial charge in [-0.25, -0.2) is 4.39 Å². The summed E-state index contributed by atoms with van der Waals surface area (Å²) in [4.78, 5) is 14.2. The van der Waals surface area contributed by atoms with Crippen molar-refractivity contribution in [2.45, 2.75) is 38.3 Å². The molecule has 1 heterocycles. The Kier molecular flexibility index (Phi) is 4.60. The second-order valence-electron chi connectivity index (χ2n) is 5.20. The fourth-order valence-corrected chi connectivity index (χ4v) is 2.77. The number of carbonyl (C=O) groups excluding carboxylic acids is 1. The first kappa shape index (κ1) is 14.8. The normalized spacial score (nSPS) is 20.0. The van der Waals surface area contributed by atoms with E-state index >= 15 is 0 Å². The summed E-state index contributed by atoms with van der Waals surface area (Å²) in [6.45, 7) is 2.29. The summed E-state index contributed by atoms with van der Waals surface area (Å²) >= 11 is 0. The average Bonchev–Trinajstić information content (AvgIpc) is 2.84. The number of carbonyl (C=O) groups is 1. The number of amides is 1. The number of hydrogen-bond acceptors (Lipinski definition) is 3. The summed E-state index contributed by atoms with van der Waals surface area (Å²) in [5, 5.41) is 9.50. The van der Waals surface area contributed by atoms with Crippen LogP contribution in [0.15, 0.2) is 18.2 Å². The SMILES string of the molecule is COc1cccc(F)c1C(=O)N1CCCC1CC(C)O. The van der Waals surface area contributed by atoms with Crippen LogP contribution >= 0.6 is 0 Å². The van der Waals surface area contributed by atoms with Crippen LogP contribution in [0.1, 0.15) is 36.5 Å². The van der Waals surface area contributed by atoms with Gasteiger partial charge in [0.1, 0.15) is 17.1 Å². The van der Waals surface area contributed by atoms with Gasteiger partial charge in [-0.2, -0.15) is 0 Å². The molecular weight excluding hydrogens is 261 g/mol. The van der Waals surface area contributed by atoms with E-state index in [4.69, 9.17) is 4.74 Å². The smallest absolute Gasteiger partial charge is 0.260 e. The monoisotopic (exact) mass is 281 g/mol. The molecule has 20 heavy (non-hydrogen) atoms. The van der Waals surface area contributed by atoms with Crippen molar-refractivity contribution in [3.8, 4) is 5.75 Å². The molecule has 1 aliphatic rings. The Morgan fingerprint density at radius 2 is 2.35 bits per heavy atom. The van der Waals surface area contributed by atoms with Crippen molar-refractivity contribution in [3.05, 3.63) is 29.6 Å². The van der Waals surface area contributed by atoms with Crippen molar-refractivity contribution in [2.75, 3.05) is 13.7 Å². The molecule has 0 bridgehead atoms. The Balaban J connectivity index is 2.27. The number of nitrogens with zero attached hydrogens (tertiary/aromatic N) is 1. The summed E-state index contributed by atoms with van der Waals surface area (Å²) in [6.07, 6.45) is 1.76. The standard InChI is InChI=1S/C15H20FNO3/c1-10(18)9-11-5-4-8-17(11)15(19)14-12(16)6-3-7-13(14)20-2/h3,6-7,10-11,18H,4-5,8-9H2,1-2H3. The van der Waals surface area contributed by atoms with Gasteiger partial charge in [-0.15, -0.1) is 0 Å². The van der Waals surface area contributed by atoms with E-state index in [1.165, 1.54) is 19.2 Å². The minimum absolute atomic E-state index is 0.0208. The van der Waals surface area contributed by atoms with E-state index in [2.05, 4.69) is 0 Å². The number of aliphatic hydroxyl groups is 1. The van der Waals surface area contributed by atoms with E-state index in [1.807, 2.05) is 0 Å². The largest absolute Gasteiger partial charge is 0.496 e. The zero-order valence-electron chi connectivity index (χ0n) is 11.8. The molecule has 0 spiro atoms. The number of aliphatic hydroxyl groups excluding tert-OH is 1. The number of methoxy groups -OCH3 is 1. The molecule has 1 saturated heterocycles. The van der Waals surface area contributed by atoms with Gasteiger partial charge in [0.05, 0.1) is 13.2 Å².